The molecule has 2 atom stereocenters. The fraction of sp³-hybridized carbons (Fsp3) is 0.429. The fourth-order valence-corrected chi connectivity index (χ4v) is 4.90. The number of carbonyl (C=O) groups is 1. The van der Waals surface area contributed by atoms with E-state index in [1.54, 1.807) is 4.90 Å². The van der Waals surface area contributed by atoms with Crippen LogP contribution in [0.3, 0.4) is 0 Å². The zero-order chi connectivity index (χ0) is 21.3. The van der Waals surface area contributed by atoms with E-state index in [9.17, 15) is 13.2 Å². The number of pyridine rings is 1. The SMILES string of the molecule is Cc1ccc2nc1OCc1cccc(c1)C[C@H]1[C@@H](NS(C)(=O)=O)CCN1C(=O)NC2. The van der Waals surface area contributed by atoms with Crippen molar-refractivity contribution in [3.05, 3.63) is 58.8 Å². The predicted molar refractivity (Wildman–Crippen MR) is 113 cm³/mol. The molecule has 0 unspecified atom stereocenters. The van der Waals surface area contributed by atoms with Gasteiger partial charge in [0.05, 0.1) is 24.5 Å². The molecule has 3 heterocycles. The maximum Gasteiger partial charge on any atom is 0.318 e. The molecule has 4 rings (SSSR count). The van der Waals surface area contributed by atoms with Gasteiger partial charge in [0.1, 0.15) is 6.61 Å². The van der Waals surface area contributed by atoms with Crippen LogP contribution in [-0.4, -0.2) is 49.2 Å². The Morgan fingerprint density at radius 1 is 1.23 bits per heavy atom. The van der Waals surface area contributed by atoms with E-state index in [-0.39, 0.29) is 24.7 Å². The van der Waals surface area contributed by atoms with Crippen molar-refractivity contribution in [1.29, 1.82) is 0 Å². The monoisotopic (exact) mass is 430 g/mol. The number of rotatable bonds is 2. The number of sulfonamides is 1. The van der Waals surface area contributed by atoms with Crippen LogP contribution in [0.5, 0.6) is 5.88 Å². The van der Waals surface area contributed by atoms with E-state index in [2.05, 4.69) is 15.0 Å². The second kappa shape index (κ2) is 8.23. The summed E-state index contributed by atoms with van der Waals surface area (Å²) in [5.74, 6) is 0.556. The lowest BCUT2D eigenvalue weighted by molar-refractivity contribution is 0.188. The molecule has 0 radical (unpaired) electrons. The molecule has 160 valence electrons. The van der Waals surface area contributed by atoms with E-state index in [4.69, 9.17) is 4.74 Å². The van der Waals surface area contributed by atoms with Crippen molar-refractivity contribution in [2.24, 2.45) is 0 Å². The lowest BCUT2D eigenvalue weighted by Gasteiger charge is -2.29. The minimum Gasteiger partial charge on any atom is -0.473 e. The summed E-state index contributed by atoms with van der Waals surface area (Å²) in [6.45, 7) is 3.08. The van der Waals surface area contributed by atoms with Gasteiger partial charge in [-0.25, -0.2) is 22.9 Å². The van der Waals surface area contributed by atoms with E-state index < -0.39 is 10.0 Å². The number of aromatic nitrogens is 1. The Balaban J connectivity index is 1.68. The van der Waals surface area contributed by atoms with Crippen LogP contribution in [0, 0.1) is 6.92 Å². The number of benzene rings is 1. The van der Waals surface area contributed by atoms with Crippen molar-refractivity contribution in [2.45, 2.75) is 45.0 Å². The number of carbonyl (C=O) groups excluding carboxylic acids is 1. The van der Waals surface area contributed by atoms with Crippen LogP contribution in [0.2, 0.25) is 0 Å². The van der Waals surface area contributed by atoms with Gasteiger partial charge in [0.15, 0.2) is 0 Å². The first-order valence-electron chi connectivity index (χ1n) is 9.97. The number of urea groups is 1. The third kappa shape index (κ3) is 4.73. The number of hydrogen-bond donors (Lipinski definition) is 2. The van der Waals surface area contributed by atoms with E-state index >= 15 is 0 Å². The predicted octanol–water partition coefficient (Wildman–Crippen LogP) is 1.73. The number of hydrogen-bond acceptors (Lipinski definition) is 5. The van der Waals surface area contributed by atoms with E-state index in [1.165, 1.54) is 0 Å². The van der Waals surface area contributed by atoms with Crippen molar-refractivity contribution in [2.75, 3.05) is 12.8 Å². The quantitative estimate of drug-likeness (QED) is 0.756. The molecule has 1 aromatic heterocycles. The zero-order valence-electron chi connectivity index (χ0n) is 17.1. The molecule has 0 saturated carbocycles. The summed E-state index contributed by atoms with van der Waals surface area (Å²) in [5, 5.41) is 2.92. The molecular formula is C21H26N4O4S. The molecule has 2 aliphatic heterocycles. The first-order chi connectivity index (χ1) is 14.3. The number of fused-ring (bicyclic) bond motifs is 5. The highest BCUT2D eigenvalue weighted by molar-refractivity contribution is 7.88. The number of nitrogens with one attached hydrogen (secondary N) is 2. The molecule has 2 aliphatic rings. The maximum atomic E-state index is 12.9. The van der Waals surface area contributed by atoms with Crippen molar-refractivity contribution < 1.29 is 17.9 Å². The van der Waals surface area contributed by atoms with Gasteiger partial charge in [-0.2, -0.15) is 0 Å². The summed E-state index contributed by atoms with van der Waals surface area (Å²) in [4.78, 5) is 19.2. The lowest BCUT2D eigenvalue weighted by Crippen LogP contribution is -2.50. The highest BCUT2D eigenvalue weighted by atomic mass is 32.2. The molecule has 9 heteroatoms. The first kappa shape index (κ1) is 20.6. The Hall–Kier alpha value is -2.65. The topological polar surface area (TPSA) is 101 Å². The van der Waals surface area contributed by atoms with Crippen LogP contribution in [0.1, 0.15) is 28.8 Å². The van der Waals surface area contributed by atoms with Crippen LogP contribution < -0.4 is 14.8 Å². The summed E-state index contributed by atoms with van der Waals surface area (Å²) in [5.41, 5.74) is 3.66. The Bertz CT molecular complexity index is 1060. The Morgan fingerprint density at radius 2 is 2.03 bits per heavy atom. The summed E-state index contributed by atoms with van der Waals surface area (Å²) >= 11 is 0. The van der Waals surface area contributed by atoms with Crippen LogP contribution in [0.4, 0.5) is 4.79 Å². The van der Waals surface area contributed by atoms with Gasteiger partial charge in [-0.15, -0.1) is 0 Å². The molecule has 2 aromatic rings. The molecule has 4 bridgehead atoms. The van der Waals surface area contributed by atoms with Gasteiger partial charge in [0, 0.05) is 18.2 Å². The Kier molecular flexibility index (Phi) is 5.66. The summed E-state index contributed by atoms with van der Waals surface area (Å²) < 4.78 is 32.3. The molecule has 2 amide bonds. The molecule has 30 heavy (non-hydrogen) atoms. The van der Waals surface area contributed by atoms with E-state index in [1.807, 2.05) is 43.3 Å². The summed E-state index contributed by atoms with van der Waals surface area (Å²) in [6.07, 6.45) is 2.27. The van der Waals surface area contributed by atoms with Crippen LogP contribution in [0.15, 0.2) is 36.4 Å². The molecule has 8 nitrogen and oxygen atoms in total. The zero-order valence-corrected chi connectivity index (χ0v) is 17.9. The Labute approximate surface area is 176 Å². The van der Waals surface area contributed by atoms with Gasteiger partial charge in [-0.3, -0.25) is 0 Å². The fourth-order valence-electron chi connectivity index (χ4n) is 4.07. The van der Waals surface area contributed by atoms with E-state index in [0.29, 0.717) is 37.6 Å². The van der Waals surface area contributed by atoms with Crippen LogP contribution in [-0.2, 0) is 29.6 Å². The molecular weight excluding hydrogens is 404 g/mol. The van der Waals surface area contributed by atoms with Crippen molar-refractivity contribution in [3.63, 3.8) is 0 Å². The highest BCUT2D eigenvalue weighted by Crippen LogP contribution is 2.24. The Morgan fingerprint density at radius 3 is 2.83 bits per heavy atom. The molecule has 0 aliphatic carbocycles. The molecule has 0 spiro atoms. The van der Waals surface area contributed by atoms with Crippen molar-refractivity contribution in [1.82, 2.24) is 19.9 Å². The van der Waals surface area contributed by atoms with Gasteiger partial charge >= 0.3 is 6.03 Å². The molecule has 2 N–H and O–H groups in total. The molecule has 1 fully saturated rings. The highest BCUT2D eigenvalue weighted by Gasteiger charge is 2.38. The summed E-state index contributed by atoms with van der Waals surface area (Å²) in [6, 6.07) is 10.9. The molecule has 1 saturated heterocycles. The van der Waals surface area contributed by atoms with Gasteiger partial charge in [0.25, 0.3) is 0 Å². The first-order valence-corrected chi connectivity index (χ1v) is 11.9. The number of ether oxygens (including phenoxy) is 1. The van der Waals surface area contributed by atoms with Crippen LogP contribution >= 0.6 is 0 Å². The van der Waals surface area contributed by atoms with E-state index in [0.717, 1.165) is 22.9 Å². The van der Waals surface area contributed by atoms with Gasteiger partial charge in [0.2, 0.25) is 15.9 Å². The average Bonchev–Trinajstić information content (AvgIpc) is 3.06. The second-order valence-corrected chi connectivity index (χ2v) is 9.72. The van der Waals surface area contributed by atoms with Crippen molar-refractivity contribution in [3.8, 4) is 5.88 Å². The van der Waals surface area contributed by atoms with Crippen LogP contribution in [0.25, 0.3) is 0 Å². The van der Waals surface area contributed by atoms with Crippen molar-refractivity contribution >= 4 is 16.1 Å². The third-order valence-corrected chi connectivity index (χ3v) is 6.24. The lowest BCUT2D eigenvalue weighted by atomic mass is 9.99. The number of nitrogens with zero attached hydrogens (tertiary/aromatic N) is 2. The minimum atomic E-state index is -3.38. The normalized spacial score (nSPS) is 21.9. The average molecular weight is 431 g/mol. The van der Waals surface area contributed by atoms with Gasteiger partial charge in [-0.1, -0.05) is 30.3 Å². The molecule has 1 aromatic carbocycles. The third-order valence-electron chi connectivity index (χ3n) is 5.51. The number of amides is 2. The van der Waals surface area contributed by atoms with Gasteiger partial charge in [-0.05, 0) is 37.0 Å². The standard InChI is InChI=1S/C21H26N4O4S/c1-14-6-7-17-12-22-21(26)25-9-8-18(24-30(2,27)28)19(25)11-15-4-3-5-16(10-15)13-29-20(14)23-17/h3-7,10,18-19,24H,8-9,11-13H2,1-2H3,(H,22,26)/t18-,19-/m0/s1. The minimum absolute atomic E-state index is 0.226. The second-order valence-electron chi connectivity index (χ2n) is 7.94. The maximum absolute atomic E-state index is 12.9. The largest absolute Gasteiger partial charge is 0.473 e. The van der Waals surface area contributed by atoms with Gasteiger partial charge < -0.3 is 15.0 Å². The number of aryl methyl sites for hydroxylation is 1. The summed E-state index contributed by atoms with van der Waals surface area (Å²) in [7, 11) is -3.38. The smallest absolute Gasteiger partial charge is 0.318 e.